The number of aliphatic hydroxyl groups excluding tert-OH is 1. The number of methoxy groups -OCH3 is 2. The molecular weight excluding hydrogens is 464 g/mol. The largest absolute Gasteiger partial charge is 0.493 e. The van der Waals surface area contributed by atoms with Crippen LogP contribution in [0.1, 0.15) is 32.5 Å². The van der Waals surface area contributed by atoms with Crippen LogP contribution in [0.2, 0.25) is 0 Å². The number of thiophene rings is 1. The van der Waals surface area contributed by atoms with Gasteiger partial charge < -0.3 is 24.8 Å². The van der Waals surface area contributed by atoms with Gasteiger partial charge in [0.2, 0.25) is 0 Å². The predicted octanol–water partition coefficient (Wildman–Crippen LogP) is 4.43. The zero-order chi connectivity index (χ0) is 24.9. The van der Waals surface area contributed by atoms with Gasteiger partial charge in [0.1, 0.15) is 17.0 Å². The number of carbonyl (C=O) groups is 1. The predicted molar refractivity (Wildman–Crippen MR) is 137 cm³/mol. The summed E-state index contributed by atoms with van der Waals surface area (Å²) in [6.07, 6.45) is 0.718. The van der Waals surface area contributed by atoms with Gasteiger partial charge in [-0.05, 0) is 24.1 Å². The smallest absolute Gasteiger partial charge is 0.264 e. The SMILES string of the molecule is COc1cccc(CNc2ncnc3sc(C(=O)N(C)C[C@@H](O)c4ccccc4)c(C)c23)c1OC. The maximum atomic E-state index is 13.3. The first-order valence-electron chi connectivity index (χ1n) is 11.1. The number of nitrogens with one attached hydrogen (secondary N) is 1. The van der Waals surface area contributed by atoms with Crippen molar-refractivity contribution in [1.82, 2.24) is 14.9 Å². The maximum Gasteiger partial charge on any atom is 0.264 e. The Morgan fingerprint density at radius 3 is 2.60 bits per heavy atom. The number of aromatic nitrogens is 2. The Balaban J connectivity index is 1.56. The van der Waals surface area contributed by atoms with Crippen molar-refractivity contribution in [2.75, 3.05) is 33.1 Å². The van der Waals surface area contributed by atoms with Gasteiger partial charge in [0.05, 0.1) is 37.1 Å². The molecule has 0 fully saturated rings. The first kappa shape index (κ1) is 24.4. The summed E-state index contributed by atoms with van der Waals surface area (Å²) in [6.45, 7) is 2.53. The van der Waals surface area contributed by atoms with Gasteiger partial charge in [-0.15, -0.1) is 11.3 Å². The van der Waals surface area contributed by atoms with E-state index >= 15 is 0 Å². The van der Waals surface area contributed by atoms with Gasteiger partial charge in [0.25, 0.3) is 5.91 Å². The van der Waals surface area contributed by atoms with E-state index in [-0.39, 0.29) is 12.5 Å². The number of aryl methyl sites for hydroxylation is 1. The molecule has 9 heteroatoms. The molecule has 2 N–H and O–H groups in total. The fourth-order valence-corrected chi connectivity index (χ4v) is 5.12. The molecule has 4 aromatic rings. The van der Waals surface area contributed by atoms with E-state index in [1.54, 1.807) is 21.3 Å². The highest BCUT2D eigenvalue weighted by molar-refractivity contribution is 7.20. The summed E-state index contributed by atoms with van der Waals surface area (Å²) in [7, 11) is 4.90. The summed E-state index contributed by atoms with van der Waals surface area (Å²) >= 11 is 1.32. The van der Waals surface area contributed by atoms with Crippen LogP contribution in [-0.2, 0) is 6.54 Å². The molecule has 182 valence electrons. The number of anilines is 1. The molecule has 0 radical (unpaired) electrons. The van der Waals surface area contributed by atoms with Crippen LogP contribution in [0.4, 0.5) is 5.82 Å². The molecule has 2 aromatic carbocycles. The van der Waals surface area contributed by atoms with Crippen LogP contribution in [0.5, 0.6) is 11.5 Å². The van der Waals surface area contributed by atoms with Gasteiger partial charge in [-0.1, -0.05) is 42.5 Å². The number of hydrogen-bond donors (Lipinski definition) is 2. The molecule has 1 amide bonds. The summed E-state index contributed by atoms with van der Waals surface area (Å²) < 4.78 is 10.9. The highest BCUT2D eigenvalue weighted by Gasteiger charge is 2.23. The first-order chi connectivity index (χ1) is 16.9. The average Bonchev–Trinajstić information content (AvgIpc) is 3.23. The molecule has 1 atom stereocenters. The Morgan fingerprint density at radius 2 is 1.89 bits per heavy atom. The van der Waals surface area contributed by atoms with E-state index in [1.165, 1.54) is 22.6 Å². The number of para-hydroxylation sites is 1. The van der Waals surface area contributed by atoms with E-state index in [0.717, 1.165) is 26.9 Å². The summed E-state index contributed by atoms with van der Waals surface area (Å²) in [5.74, 6) is 1.78. The summed E-state index contributed by atoms with van der Waals surface area (Å²) in [4.78, 5) is 24.9. The molecule has 4 rings (SSSR count). The Labute approximate surface area is 208 Å². The Hall–Kier alpha value is -3.69. The quantitative estimate of drug-likeness (QED) is 0.357. The van der Waals surface area contributed by atoms with Crippen LogP contribution in [0.15, 0.2) is 54.9 Å². The van der Waals surface area contributed by atoms with E-state index in [1.807, 2.05) is 55.5 Å². The Bertz CT molecular complexity index is 1330. The number of aliphatic hydroxyl groups is 1. The molecule has 0 unspecified atom stereocenters. The van der Waals surface area contributed by atoms with Crippen molar-refractivity contribution in [1.29, 1.82) is 0 Å². The van der Waals surface area contributed by atoms with E-state index in [2.05, 4.69) is 15.3 Å². The molecule has 8 nitrogen and oxygen atoms in total. The van der Waals surface area contributed by atoms with Crippen molar-refractivity contribution in [3.05, 3.63) is 76.4 Å². The van der Waals surface area contributed by atoms with Gasteiger partial charge in [-0.3, -0.25) is 4.79 Å². The third kappa shape index (κ3) is 5.06. The second kappa shape index (κ2) is 10.7. The number of hydrogen-bond acceptors (Lipinski definition) is 8. The minimum atomic E-state index is -0.769. The van der Waals surface area contributed by atoms with Crippen LogP contribution in [0.3, 0.4) is 0 Å². The molecule has 0 aliphatic carbocycles. The second-order valence-electron chi connectivity index (χ2n) is 8.08. The average molecular weight is 493 g/mol. The number of rotatable bonds is 9. The Morgan fingerprint density at radius 1 is 1.11 bits per heavy atom. The number of fused-ring (bicyclic) bond motifs is 1. The molecule has 2 heterocycles. The van der Waals surface area contributed by atoms with Crippen molar-refractivity contribution in [3.63, 3.8) is 0 Å². The molecule has 0 saturated carbocycles. The van der Waals surface area contributed by atoms with E-state index in [9.17, 15) is 9.90 Å². The van der Waals surface area contributed by atoms with Crippen molar-refractivity contribution in [2.24, 2.45) is 0 Å². The maximum absolute atomic E-state index is 13.3. The minimum Gasteiger partial charge on any atom is -0.493 e. The lowest BCUT2D eigenvalue weighted by Gasteiger charge is -2.21. The van der Waals surface area contributed by atoms with Gasteiger partial charge in [-0.2, -0.15) is 0 Å². The highest BCUT2D eigenvalue weighted by Crippen LogP contribution is 2.35. The molecule has 0 aliphatic rings. The van der Waals surface area contributed by atoms with Gasteiger partial charge in [0.15, 0.2) is 11.5 Å². The molecule has 0 spiro atoms. The number of amides is 1. The van der Waals surface area contributed by atoms with Crippen LogP contribution in [0, 0.1) is 6.92 Å². The summed E-state index contributed by atoms with van der Waals surface area (Å²) in [5.41, 5.74) is 2.49. The van der Waals surface area contributed by atoms with Gasteiger partial charge in [-0.25, -0.2) is 9.97 Å². The van der Waals surface area contributed by atoms with E-state index in [0.29, 0.717) is 28.7 Å². The number of nitrogens with zero attached hydrogens (tertiary/aromatic N) is 3. The highest BCUT2D eigenvalue weighted by atomic mass is 32.1. The lowest BCUT2D eigenvalue weighted by Crippen LogP contribution is -2.31. The standard InChI is InChI=1S/C26H28N4O4S/c1-16-21-24(27-13-18-11-8-12-20(33-3)22(18)34-4)28-15-29-25(21)35-23(16)26(32)30(2)14-19(31)17-9-6-5-7-10-17/h5-12,15,19,31H,13-14H2,1-4H3,(H,27,28,29)/t19-/m1/s1. The number of ether oxygens (including phenoxy) is 2. The van der Waals surface area contributed by atoms with Crippen molar-refractivity contribution < 1.29 is 19.4 Å². The van der Waals surface area contributed by atoms with Crippen LogP contribution in [-0.4, -0.2) is 53.7 Å². The molecular formula is C26H28N4O4S. The lowest BCUT2D eigenvalue weighted by atomic mass is 10.1. The fourth-order valence-electron chi connectivity index (χ4n) is 3.98. The molecule has 2 aromatic heterocycles. The topological polar surface area (TPSA) is 96.8 Å². The zero-order valence-corrected chi connectivity index (χ0v) is 20.9. The van der Waals surface area contributed by atoms with E-state index < -0.39 is 6.10 Å². The van der Waals surface area contributed by atoms with Crippen LogP contribution < -0.4 is 14.8 Å². The van der Waals surface area contributed by atoms with Crippen molar-refractivity contribution in [3.8, 4) is 11.5 Å². The van der Waals surface area contributed by atoms with Gasteiger partial charge in [0, 0.05) is 19.2 Å². The van der Waals surface area contributed by atoms with Crippen LogP contribution >= 0.6 is 11.3 Å². The second-order valence-corrected chi connectivity index (χ2v) is 9.08. The molecule has 0 bridgehead atoms. The minimum absolute atomic E-state index is 0.166. The summed E-state index contributed by atoms with van der Waals surface area (Å²) in [6, 6.07) is 15.0. The Kier molecular flexibility index (Phi) is 7.48. The number of benzene rings is 2. The van der Waals surface area contributed by atoms with E-state index in [4.69, 9.17) is 9.47 Å². The number of carbonyl (C=O) groups excluding carboxylic acids is 1. The van der Waals surface area contributed by atoms with Crippen molar-refractivity contribution in [2.45, 2.75) is 19.6 Å². The molecule has 0 saturated heterocycles. The third-order valence-corrected chi connectivity index (χ3v) is 7.02. The van der Waals surface area contributed by atoms with Crippen LogP contribution in [0.25, 0.3) is 10.2 Å². The third-order valence-electron chi connectivity index (χ3n) is 5.83. The lowest BCUT2D eigenvalue weighted by molar-refractivity contribution is 0.0685. The molecule has 35 heavy (non-hydrogen) atoms. The zero-order valence-electron chi connectivity index (χ0n) is 20.1. The van der Waals surface area contributed by atoms with Gasteiger partial charge >= 0.3 is 0 Å². The first-order valence-corrected chi connectivity index (χ1v) is 11.9. The number of likely N-dealkylation sites (N-methyl/N-ethyl adjacent to an activating group) is 1. The summed E-state index contributed by atoms with van der Waals surface area (Å²) in [5, 5.41) is 14.7. The molecule has 0 aliphatic heterocycles. The fraction of sp³-hybridized carbons (Fsp3) is 0.269. The monoisotopic (exact) mass is 492 g/mol. The normalized spacial score (nSPS) is 11.8. The van der Waals surface area contributed by atoms with Crippen molar-refractivity contribution >= 4 is 33.3 Å².